The Labute approximate surface area is 127 Å². The summed E-state index contributed by atoms with van der Waals surface area (Å²) in [6.07, 6.45) is 1.26. The van der Waals surface area contributed by atoms with Gasteiger partial charge in [0.05, 0.1) is 16.6 Å². The van der Waals surface area contributed by atoms with Crippen LogP contribution in [0, 0.1) is 0 Å². The van der Waals surface area contributed by atoms with Crippen molar-refractivity contribution in [2.45, 2.75) is 51.7 Å². The van der Waals surface area contributed by atoms with Crippen LogP contribution in [0.4, 0.5) is 0 Å². The van der Waals surface area contributed by atoms with E-state index in [0.717, 1.165) is 23.4 Å². The van der Waals surface area contributed by atoms with Gasteiger partial charge in [0.15, 0.2) is 0 Å². The number of aromatic nitrogens is 2. The quantitative estimate of drug-likeness (QED) is 0.889. The smallest absolute Gasteiger partial charge is 0.112 e. The van der Waals surface area contributed by atoms with Gasteiger partial charge < -0.3 is 15.0 Å². The van der Waals surface area contributed by atoms with Gasteiger partial charge in [-0.15, -0.1) is 0 Å². The molecule has 116 valence electrons. The molecule has 0 amide bonds. The molecule has 0 aliphatic rings. The first kappa shape index (κ1) is 16.0. The van der Waals surface area contributed by atoms with Crippen molar-refractivity contribution in [3.63, 3.8) is 0 Å². The van der Waals surface area contributed by atoms with E-state index in [0.29, 0.717) is 12.8 Å². The first-order chi connectivity index (χ1) is 9.68. The molecule has 1 unspecified atom stereocenters. The average Bonchev–Trinajstić information content (AvgIpc) is 2.64. The standard InChI is InChI=1S/C17H27N3O/c1-16(2,3)18-11-10-17(4,21)12-15-19-13-8-6-7-9-14(13)20(15)5/h6-9,18,21H,10-12H2,1-5H3. The molecule has 4 heteroatoms. The summed E-state index contributed by atoms with van der Waals surface area (Å²) in [5.41, 5.74) is 1.41. The van der Waals surface area contributed by atoms with E-state index in [1.165, 1.54) is 0 Å². The first-order valence-corrected chi connectivity index (χ1v) is 7.56. The Balaban J connectivity index is 2.06. The average molecular weight is 289 g/mol. The first-order valence-electron chi connectivity index (χ1n) is 7.56. The van der Waals surface area contributed by atoms with Crippen molar-refractivity contribution in [3.05, 3.63) is 30.1 Å². The van der Waals surface area contributed by atoms with Gasteiger partial charge in [-0.3, -0.25) is 0 Å². The maximum absolute atomic E-state index is 10.6. The third-order valence-electron chi connectivity index (χ3n) is 3.74. The molecule has 2 aromatic rings. The van der Waals surface area contributed by atoms with Gasteiger partial charge in [-0.25, -0.2) is 4.98 Å². The predicted octanol–water partition coefficient (Wildman–Crippen LogP) is 2.65. The van der Waals surface area contributed by atoms with Crippen LogP contribution in [-0.2, 0) is 13.5 Å². The van der Waals surface area contributed by atoms with Gasteiger partial charge in [-0.2, -0.15) is 0 Å². The van der Waals surface area contributed by atoms with E-state index in [2.05, 4.69) is 41.7 Å². The molecule has 0 saturated carbocycles. The van der Waals surface area contributed by atoms with Gasteiger partial charge in [0.25, 0.3) is 0 Å². The zero-order valence-electron chi connectivity index (χ0n) is 13.8. The maximum atomic E-state index is 10.6. The highest BCUT2D eigenvalue weighted by atomic mass is 16.3. The molecule has 0 fully saturated rings. The number of aliphatic hydroxyl groups is 1. The third-order valence-corrected chi connectivity index (χ3v) is 3.74. The van der Waals surface area contributed by atoms with E-state index in [9.17, 15) is 5.11 Å². The van der Waals surface area contributed by atoms with Gasteiger partial charge in [-0.1, -0.05) is 12.1 Å². The lowest BCUT2D eigenvalue weighted by Crippen LogP contribution is -2.40. The summed E-state index contributed by atoms with van der Waals surface area (Å²) in [7, 11) is 2.01. The van der Waals surface area contributed by atoms with Gasteiger partial charge in [0.1, 0.15) is 5.82 Å². The fourth-order valence-electron chi connectivity index (χ4n) is 2.49. The monoisotopic (exact) mass is 289 g/mol. The molecule has 1 heterocycles. The minimum Gasteiger partial charge on any atom is -0.390 e. The molecule has 1 aromatic carbocycles. The molecule has 1 atom stereocenters. The van der Waals surface area contributed by atoms with Crippen LogP contribution < -0.4 is 5.32 Å². The number of aryl methyl sites for hydroxylation is 1. The molecular formula is C17H27N3O. The lowest BCUT2D eigenvalue weighted by Gasteiger charge is -2.26. The highest BCUT2D eigenvalue weighted by Crippen LogP contribution is 2.20. The summed E-state index contributed by atoms with van der Waals surface area (Å²) in [5, 5.41) is 14.0. The van der Waals surface area contributed by atoms with Crippen LogP contribution in [0.2, 0.25) is 0 Å². The number of nitrogens with zero attached hydrogens (tertiary/aromatic N) is 2. The molecule has 0 aliphatic carbocycles. The Bertz CT molecular complexity index is 608. The number of hydrogen-bond acceptors (Lipinski definition) is 3. The minimum absolute atomic E-state index is 0.0774. The second-order valence-electron chi connectivity index (χ2n) is 7.18. The number of para-hydroxylation sites is 2. The largest absolute Gasteiger partial charge is 0.390 e. The van der Waals surface area contributed by atoms with Crippen molar-refractivity contribution in [1.29, 1.82) is 0 Å². The number of benzene rings is 1. The number of hydrogen-bond donors (Lipinski definition) is 2. The summed E-state index contributed by atoms with van der Waals surface area (Å²) in [5.74, 6) is 0.928. The molecule has 0 radical (unpaired) electrons. The van der Waals surface area contributed by atoms with Crippen LogP contribution in [-0.4, -0.2) is 32.3 Å². The molecule has 2 N–H and O–H groups in total. The van der Waals surface area contributed by atoms with Crippen LogP contribution in [0.3, 0.4) is 0 Å². The molecule has 1 aromatic heterocycles. The van der Waals surface area contributed by atoms with Gasteiger partial charge in [0, 0.05) is 19.0 Å². The Kier molecular flexibility index (Phi) is 4.40. The molecule has 0 saturated heterocycles. The summed E-state index contributed by atoms with van der Waals surface area (Å²) < 4.78 is 2.07. The SMILES string of the molecule is Cn1c(CC(C)(O)CCNC(C)(C)C)nc2ccccc21. The highest BCUT2D eigenvalue weighted by molar-refractivity contribution is 5.75. The maximum Gasteiger partial charge on any atom is 0.112 e. The summed E-state index contributed by atoms with van der Waals surface area (Å²) in [4.78, 5) is 4.64. The molecule has 2 rings (SSSR count). The summed E-state index contributed by atoms with van der Waals surface area (Å²) in [6, 6.07) is 8.07. The molecular weight excluding hydrogens is 262 g/mol. The Hall–Kier alpha value is -1.39. The van der Waals surface area contributed by atoms with Crippen molar-refractivity contribution in [2.24, 2.45) is 7.05 Å². The number of rotatable bonds is 5. The fraction of sp³-hybridized carbons (Fsp3) is 0.588. The van der Waals surface area contributed by atoms with Crippen molar-refractivity contribution in [3.8, 4) is 0 Å². The molecule has 0 spiro atoms. The normalized spacial score (nSPS) is 15.3. The summed E-state index contributed by atoms with van der Waals surface area (Å²) >= 11 is 0. The third kappa shape index (κ3) is 4.29. The van der Waals surface area contributed by atoms with Crippen LogP contribution in [0.25, 0.3) is 11.0 Å². The van der Waals surface area contributed by atoms with Crippen molar-refractivity contribution < 1.29 is 5.11 Å². The lowest BCUT2D eigenvalue weighted by atomic mass is 9.97. The molecule has 21 heavy (non-hydrogen) atoms. The van der Waals surface area contributed by atoms with Gasteiger partial charge in [-0.05, 0) is 52.8 Å². The van der Waals surface area contributed by atoms with E-state index >= 15 is 0 Å². The van der Waals surface area contributed by atoms with Crippen LogP contribution in [0.15, 0.2) is 24.3 Å². The van der Waals surface area contributed by atoms with Crippen molar-refractivity contribution >= 4 is 11.0 Å². The summed E-state index contributed by atoms with van der Waals surface area (Å²) in [6.45, 7) is 9.07. The lowest BCUT2D eigenvalue weighted by molar-refractivity contribution is 0.0474. The van der Waals surface area contributed by atoms with E-state index in [1.807, 2.05) is 32.2 Å². The van der Waals surface area contributed by atoms with Crippen LogP contribution >= 0.6 is 0 Å². The number of imidazole rings is 1. The second kappa shape index (κ2) is 5.78. The number of nitrogens with one attached hydrogen (secondary N) is 1. The Morgan fingerprint density at radius 2 is 1.86 bits per heavy atom. The van der Waals surface area contributed by atoms with Gasteiger partial charge in [0.2, 0.25) is 0 Å². The van der Waals surface area contributed by atoms with Crippen molar-refractivity contribution in [2.75, 3.05) is 6.54 Å². The van der Waals surface area contributed by atoms with Gasteiger partial charge >= 0.3 is 0 Å². The number of fused-ring (bicyclic) bond motifs is 1. The minimum atomic E-state index is -0.757. The Morgan fingerprint density at radius 1 is 1.19 bits per heavy atom. The van der Waals surface area contributed by atoms with Crippen LogP contribution in [0.5, 0.6) is 0 Å². The van der Waals surface area contributed by atoms with Crippen molar-refractivity contribution in [1.82, 2.24) is 14.9 Å². The zero-order chi connectivity index (χ0) is 15.7. The molecule has 0 aliphatic heterocycles. The Morgan fingerprint density at radius 3 is 2.48 bits per heavy atom. The van der Waals surface area contributed by atoms with E-state index in [1.54, 1.807) is 0 Å². The van der Waals surface area contributed by atoms with E-state index in [4.69, 9.17) is 0 Å². The fourth-order valence-corrected chi connectivity index (χ4v) is 2.49. The van der Waals surface area contributed by atoms with E-state index < -0.39 is 5.60 Å². The zero-order valence-corrected chi connectivity index (χ0v) is 13.8. The highest BCUT2D eigenvalue weighted by Gasteiger charge is 2.24. The van der Waals surface area contributed by atoms with E-state index in [-0.39, 0.29) is 5.54 Å². The predicted molar refractivity (Wildman–Crippen MR) is 87.4 cm³/mol. The molecule has 0 bridgehead atoms. The topological polar surface area (TPSA) is 50.1 Å². The van der Waals surface area contributed by atoms with Crippen LogP contribution in [0.1, 0.15) is 39.9 Å². The second-order valence-corrected chi connectivity index (χ2v) is 7.18. The molecule has 4 nitrogen and oxygen atoms in total.